The van der Waals surface area contributed by atoms with Crippen molar-refractivity contribution < 1.29 is 0 Å². The van der Waals surface area contributed by atoms with Crippen molar-refractivity contribution in [2.75, 3.05) is 0 Å². The van der Waals surface area contributed by atoms with Crippen molar-refractivity contribution in [2.45, 2.75) is 19.9 Å². The van der Waals surface area contributed by atoms with Gasteiger partial charge in [0.05, 0.1) is 11.6 Å². The maximum absolute atomic E-state index is 5.76. The molecule has 0 aliphatic heterocycles. The quantitative estimate of drug-likeness (QED) is 0.821. The lowest BCUT2D eigenvalue weighted by atomic mass is 10.2. The van der Waals surface area contributed by atoms with Gasteiger partial charge in [0, 0.05) is 4.47 Å². The van der Waals surface area contributed by atoms with E-state index >= 15 is 0 Å². The fraction of sp³-hybridized carbons (Fsp3) is 0.300. The average Bonchev–Trinajstić information content (AvgIpc) is 2.47. The van der Waals surface area contributed by atoms with Crippen LogP contribution in [0.25, 0.3) is 11.0 Å². The summed E-state index contributed by atoms with van der Waals surface area (Å²) in [6.07, 6.45) is 0. The van der Waals surface area contributed by atoms with Crippen LogP contribution in [-0.4, -0.2) is 9.97 Å². The van der Waals surface area contributed by atoms with Crippen LogP contribution >= 0.6 is 15.9 Å². The van der Waals surface area contributed by atoms with Gasteiger partial charge >= 0.3 is 0 Å². The van der Waals surface area contributed by atoms with Gasteiger partial charge in [-0.25, -0.2) is 4.98 Å². The molecule has 2 rings (SSSR count). The zero-order valence-corrected chi connectivity index (χ0v) is 9.72. The molecule has 0 radical (unpaired) electrons. The minimum atomic E-state index is -0.0605. The van der Waals surface area contributed by atoms with E-state index in [1.807, 2.05) is 13.0 Å². The minimum Gasteiger partial charge on any atom is -0.341 e. The molecule has 3 N–H and O–H groups in total. The topological polar surface area (TPSA) is 54.7 Å². The van der Waals surface area contributed by atoms with Gasteiger partial charge in [-0.15, -0.1) is 0 Å². The van der Waals surface area contributed by atoms with E-state index in [1.54, 1.807) is 0 Å². The summed E-state index contributed by atoms with van der Waals surface area (Å²) in [4.78, 5) is 7.64. The molecule has 74 valence electrons. The molecule has 14 heavy (non-hydrogen) atoms. The number of nitrogens with two attached hydrogens (primary N) is 1. The van der Waals surface area contributed by atoms with E-state index in [0.717, 1.165) is 21.3 Å². The van der Waals surface area contributed by atoms with E-state index < -0.39 is 0 Å². The van der Waals surface area contributed by atoms with Gasteiger partial charge in [-0.3, -0.25) is 0 Å². The second kappa shape index (κ2) is 3.37. The molecule has 1 aromatic carbocycles. The lowest BCUT2D eigenvalue weighted by molar-refractivity contribution is 0.760. The van der Waals surface area contributed by atoms with Crippen LogP contribution in [0.15, 0.2) is 16.6 Å². The Kier molecular flexibility index (Phi) is 2.33. The summed E-state index contributed by atoms with van der Waals surface area (Å²) in [6, 6.07) is 4.06. The largest absolute Gasteiger partial charge is 0.341 e. The lowest BCUT2D eigenvalue weighted by Gasteiger charge is -1.96. The number of hydrogen-bond acceptors (Lipinski definition) is 2. The van der Waals surface area contributed by atoms with Crippen LogP contribution in [0.1, 0.15) is 24.4 Å². The number of fused-ring (bicyclic) bond motifs is 1. The Balaban J connectivity index is 2.70. The molecule has 4 heteroatoms. The van der Waals surface area contributed by atoms with E-state index in [1.165, 1.54) is 5.56 Å². The second-order valence-electron chi connectivity index (χ2n) is 3.55. The number of H-pyrrole nitrogens is 1. The number of imidazole rings is 1. The van der Waals surface area contributed by atoms with Crippen LogP contribution in [0.2, 0.25) is 0 Å². The molecule has 0 aliphatic carbocycles. The highest BCUT2D eigenvalue weighted by Crippen LogP contribution is 2.24. The smallest absolute Gasteiger partial charge is 0.123 e. The first-order valence-corrected chi connectivity index (χ1v) is 5.28. The third-order valence-electron chi connectivity index (χ3n) is 2.13. The van der Waals surface area contributed by atoms with Crippen molar-refractivity contribution in [3.63, 3.8) is 0 Å². The molecule has 0 fully saturated rings. The molecule has 1 unspecified atom stereocenters. The van der Waals surface area contributed by atoms with Gasteiger partial charge in [0.25, 0.3) is 0 Å². The minimum absolute atomic E-state index is 0.0605. The van der Waals surface area contributed by atoms with Crippen LogP contribution in [0.5, 0.6) is 0 Å². The Morgan fingerprint density at radius 3 is 2.86 bits per heavy atom. The molecule has 0 amide bonds. The SMILES string of the molecule is Cc1cc(Br)c2nc(C(C)N)[nH]c2c1. The van der Waals surface area contributed by atoms with Gasteiger partial charge in [-0.1, -0.05) is 0 Å². The van der Waals surface area contributed by atoms with Gasteiger partial charge in [0.15, 0.2) is 0 Å². The highest BCUT2D eigenvalue weighted by atomic mass is 79.9. The summed E-state index contributed by atoms with van der Waals surface area (Å²) in [7, 11) is 0. The van der Waals surface area contributed by atoms with E-state index in [-0.39, 0.29) is 6.04 Å². The average molecular weight is 254 g/mol. The van der Waals surface area contributed by atoms with Crippen LogP contribution in [0, 0.1) is 6.92 Å². The maximum Gasteiger partial charge on any atom is 0.123 e. The Morgan fingerprint density at radius 2 is 2.21 bits per heavy atom. The fourth-order valence-electron chi connectivity index (χ4n) is 1.45. The van der Waals surface area contributed by atoms with E-state index in [9.17, 15) is 0 Å². The Hall–Kier alpha value is -0.870. The first kappa shape index (κ1) is 9.68. The number of aromatic amines is 1. The Morgan fingerprint density at radius 1 is 1.50 bits per heavy atom. The zero-order valence-electron chi connectivity index (χ0n) is 8.13. The number of benzene rings is 1. The first-order valence-electron chi connectivity index (χ1n) is 4.49. The molecular formula is C10H12BrN3. The predicted octanol–water partition coefficient (Wildman–Crippen LogP) is 2.65. The summed E-state index contributed by atoms with van der Waals surface area (Å²) >= 11 is 3.49. The van der Waals surface area contributed by atoms with Crippen LogP contribution < -0.4 is 5.73 Å². The van der Waals surface area contributed by atoms with Gasteiger partial charge in [-0.2, -0.15) is 0 Å². The molecule has 1 heterocycles. The van der Waals surface area contributed by atoms with Gasteiger partial charge in [-0.05, 0) is 47.5 Å². The number of nitrogens with one attached hydrogen (secondary N) is 1. The van der Waals surface area contributed by atoms with E-state index in [0.29, 0.717) is 0 Å². The normalized spacial score (nSPS) is 13.4. The number of nitrogens with zero attached hydrogens (tertiary/aromatic N) is 1. The molecule has 2 aromatic rings. The monoisotopic (exact) mass is 253 g/mol. The standard InChI is InChI=1S/C10H12BrN3/c1-5-3-7(11)9-8(4-5)13-10(14-9)6(2)12/h3-4,6H,12H2,1-2H3,(H,13,14). The molecule has 0 saturated heterocycles. The van der Waals surface area contributed by atoms with Crippen LogP contribution in [0.4, 0.5) is 0 Å². The second-order valence-corrected chi connectivity index (χ2v) is 4.41. The molecule has 0 spiro atoms. The van der Waals surface area contributed by atoms with Gasteiger partial charge in [0.2, 0.25) is 0 Å². The summed E-state index contributed by atoms with van der Waals surface area (Å²) < 4.78 is 1.01. The van der Waals surface area contributed by atoms with Crippen molar-refractivity contribution in [2.24, 2.45) is 5.73 Å². The van der Waals surface area contributed by atoms with E-state index in [2.05, 4.69) is 38.9 Å². The van der Waals surface area contributed by atoms with Crippen molar-refractivity contribution in [3.05, 3.63) is 28.0 Å². The molecule has 0 saturated carbocycles. The summed E-state index contributed by atoms with van der Waals surface area (Å²) in [5.41, 5.74) is 8.93. The molecule has 1 aromatic heterocycles. The van der Waals surface area contributed by atoms with E-state index in [4.69, 9.17) is 5.73 Å². The number of halogens is 1. The third-order valence-corrected chi connectivity index (χ3v) is 2.74. The third kappa shape index (κ3) is 1.55. The molecule has 1 atom stereocenters. The van der Waals surface area contributed by atoms with Gasteiger partial charge in [0.1, 0.15) is 11.3 Å². The molecule has 0 bridgehead atoms. The highest BCUT2D eigenvalue weighted by Gasteiger charge is 2.09. The Labute approximate surface area is 90.8 Å². The molecule has 3 nitrogen and oxygen atoms in total. The van der Waals surface area contributed by atoms with Crippen molar-refractivity contribution in [1.82, 2.24) is 9.97 Å². The summed E-state index contributed by atoms with van der Waals surface area (Å²) in [5.74, 6) is 0.825. The summed E-state index contributed by atoms with van der Waals surface area (Å²) in [5, 5.41) is 0. The van der Waals surface area contributed by atoms with Crippen LogP contribution in [0.3, 0.4) is 0 Å². The lowest BCUT2D eigenvalue weighted by Crippen LogP contribution is -2.06. The van der Waals surface area contributed by atoms with Crippen LogP contribution in [-0.2, 0) is 0 Å². The Bertz CT molecular complexity index is 473. The predicted molar refractivity (Wildman–Crippen MR) is 61.1 cm³/mol. The first-order chi connectivity index (χ1) is 6.58. The number of aromatic nitrogens is 2. The molecular weight excluding hydrogens is 242 g/mol. The zero-order chi connectivity index (χ0) is 10.3. The van der Waals surface area contributed by atoms with Crippen molar-refractivity contribution in [1.29, 1.82) is 0 Å². The number of aryl methyl sites for hydroxylation is 1. The maximum atomic E-state index is 5.76. The molecule has 0 aliphatic rings. The van der Waals surface area contributed by atoms with Crippen molar-refractivity contribution >= 4 is 27.0 Å². The highest BCUT2D eigenvalue weighted by molar-refractivity contribution is 9.10. The fourth-order valence-corrected chi connectivity index (χ4v) is 2.11. The number of rotatable bonds is 1. The summed E-state index contributed by atoms with van der Waals surface area (Å²) in [6.45, 7) is 3.97. The number of hydrogen-bond donors (Lipinski definition) is 2. The van der Waals surface area contributed by atoms with Crippen molar-refractivity contribution in [3.8, 4) is 0 Å². The van der Waals surface area contributed by atoms with Gasteiger partial charge < -0.3 is 10.7 Å².